The van der Waals surface area contributed by atoms with Crippen molar-refractivity contribution in [2.24, 2.45) is 5.92 Å². The molecule has 0 aromatic heterocycles. The van der Waals surface area contributed by atoms with E-state index in [1.165, 1.54) is 12.1 Å². The van der Waals surface area contributed by atoms with Crippen LogP contribution in [0.25, 0.3) is 0 Å². The highest BCUT2D eigenvalue weighted by Gasteiger charge is 2.37. The molecule has 5 nitrogen and oxygen atoms in total. The standard InChI is InChI=1S/C23H26FN3O2/c1-16(28)26-12-14-27(15-13-26)21-10-8-20(9-11-21)25-23(29)22(17-2-3-17)18-4-6-19(24)7-5-18/h4-11,17,22H,2-3,12-15H2,1H3,(H,25,29). The summed E-state index contributed by atoms with van der Waals surface area (Å²) in [5.74, 6) is -0.119. The number of benzene rings is 2. The SMILES string of the molecule is CC(=O)N1CCN(c2ccc(NC(=O)C(c3ccc(F)cc3)C3CC3)cc2)CC1. The molecule has 2 aromatic rings. The van der Waals surface area contributed by atoms with Crippen LogP contribution in [-0.2, 0) is 9.59 Å². The van der Waals surface area contributed by atoms with Gasteiger partial charge in [-0.2, -0.15) is 0 Å². The highest BCUT2D eigenvalue weighted by atomic mass is 19.1. The van der Waals surface area contributed by atoms with Gasteiger partial charge < -0.3 is 15.1 Å². The second-order valence-corrected chi connectivity index (χ2v) is 7.90. The molecule has 6 heteroatoms. The number of anilines is 2. The number of nitrogens with one attached hydrogen (secondary N) is 1. The fraction of sp³-hybridized carbons (Fsp3) is 0.391. The Kier molecular flexibility index (Phi) is 5.51. The van der Waals surface area contributed by atoms with Gasteiger partial charge in [-0.1, -0.05) is 12.1 Å². The molecule has 1 N–H and O–H groups in total. The van der Waals surface area contributed by atoms with Crippen molar-refractivity contribution >= 4 is 23.2 Å². The maximum absolute atomic E-state index is 13.2. The number of piperazine rings is 1. The molecule has 2 amide bonds. The minimum Gasteiger partial charge on any atom is -0.368 e. The summed E-state index contributed by atoms with van der Waals surface area (Å²) in [6, 6.07) is 14.1. The number of hydrogen-bond acceptors (Lipinski definition) is 3. The zero-order valence-electron chi connectivity index (χ0n) is 16.6. The summed E-state index contributed by atoms with van der Waals surface area (Å²) in [6.07, 6.45) is 2.06. The number of halogens is 1. The van der Waals surface area contributed by atoms with Gasteiger partial charge in [0.25, 0.3) is 0 Å². The molecule has 2 aromatic carbocycles. The Morgan fingerprint density at radius 2 is 1.59 bits per heavy atom. The number of carbonyl (C=O) groups excluding carboxylic acids is 2. The van der Waals surface area contributed by atoms with E-state index in [0.717, 1.165) is 56.0 Å². The first-order valence-corrected chi connectivity index (χ1v) is 10.2. The summed E-state index contributed by atoms with van der Waals surface area (Å²) in [7, 11) is 0. The molecule has 0 spiro atoms. The van der Waals surface area contributed by atoms with Crippen LogP contribution < -0.4 is 10.2 Å². The topological polar surface area (TPSA) is 52.7 Å². The van der Waals surface area contributed by atoms with Crippen LogP contribution in [0.3, 0.4) is 0 Å². The van der Waals surface area contributed by atoms with Crippen LogP contribution in [0.15, 0.2) is 48.5 Å². The predicted molar refractivity (Wildman–Crippen MR) is 111 cm³/mol. The maximum atomic E-state index is 13.2. The van der Waals surface area contributed by atoms with Gasteiger partial charge in [-0.25, -0.2) is 4.39 Å². The van der Waals surface area contributed by atoms with E-state index < -0.39 is 0 Å². The Labute approximate surface area is 170 Å². The number of hydrogen-bond donors (Lipinski definition) is 1. The molecular weight excluding hydrogens is 369 g/mol. The van der Waals surface area contributed by atoms with Gasteiger partial charge in [0.2, 0.25) is 11.8 Å². The molecule has 29 heavy (non-hydrogen) atoms. The van der Waals surface area contributed by atoms with E-state index in [1.54, 1.807) is 19.1 Å². The first kappa shape index (κ1) is 19.4. The van der Waals surface area contributed by atoms with Crippen molar-refractivity contribution in [3.63, 3.8) is 0 Å². The van der Waals surface area contributed by atoms with Gasteiger partial charge in [0, 0.05) is 44.5 Å². The number of rotatable bonds is 5. The predicted octanol–water partition coefficient (Wildman–Crippen LogP) is 3.63. The molecule has 1 aliphatic carbocycles. The molecule has 2 fully saturated rings. The van der Waals surface area contributed by atoms with Crippen LogP contribution in [0.4, 0.5) is 15.8 Å². The second kappa shape index (κ2) is 8.23. The molecule has 1 aliphatic heterocycles. The van der Waals surface area contributed by atoms with Gasteiger partial charge in [0.1, 0.15) is 5.82 Å². The minimum atomic E-state index is -0.288. The Hall–Kier alpha value is -2.89. The lowest BCUT2D eigenvalue weighted by Gasteiger charge is -2.35. The summed E-state index contributed by atoms with van der Waals surface area (Å²) >= 11 is 0. The third kappa shape index (κ3) is 4.58. The van der Waals surface area contributed by atoms with Crippen molar-refractivity contribution < 1.29 is 14.0 Å². The number of nitrogens with zero attached hydrogens (tertiary/aromatic N) is 2. The monoisotopic (exact) mass is 395 g/mol. The third-order valence-electron chi connectivity index (χ3n) is 5.83. The fourth-order valence-electron chi connectivity index (χ4n) is 3.99. The van der Waals surface area contributed by atoms with Gasteiger partial charge >= 0.3 is 0 Å². The first-order chi connectivity index (χ1) is 14.0. The van der Waals surface area contributed by atoms with Gasteiger partial charge in [0.15, 0.2) is 0 Å². The fourth-order valence-corrected chi connectivity index (χ4v) is 3.99. The van der Waals surface area contributed by atoms with Crippen LogP contribution in [0, 0.1) is 11.7 Å². The summed E-state index contributed by atoms with van der Waals surface area (Å²) < 4.78 is 13.2. The van der Waals surface area contributed by atoms with E-state index in [-0.39, 0.29) is 23.5 Å². The zero-order valence-corrected chi connectivity index (χ0v) is 16.6. The smallest absolute Gasteiger partial charge is 0.232 e. The largest absolute Gasteiger partial charge is 0.368 e. The molecule has 0 radical (unpaired) electrons. The average Bonchev–Trinajstić information content (AvgIpc) is 3.55. The van der Waals surface area contributed by atoms with Crippen LogP contribution in [0.5, 0.6) is 0 Å². The second-order valence-electron chi connectivity index (χ2n) is 7.90. The van der Waals surface area contributed by atoms with Crippen molar-refractivity contribution in [3.8, 4) is 0 Å². The average molecular weight is 395 g/mol. The lowest BCUT2D eigenvalue weighted by atomic mass is 9.93. The van der Waals surface area contributed by atoms with E-state index in [9.17, 15) is 14.0 Å². The summed E-state index contributed by atoms with van der Waals surface area (Å²) in [6.45, 7) is 4.68. The van der Waals surface area contributed by atoms with Crippen molar-refractivity contribution in [1.82, 2.24) is 4.90 Å². The van der Waals surface area contributed by atoms with Crippen LogP contribution in [0.2, 0.25) is 0 Å². The van der Waals surface area contributed by atoms with E-state index >= 15 is 0 Å². The number of amides is 2. The summed E-state index contributed by atoms with van der Waals surface area (Å²) in [5, 5.41) is 3.02. The van der Waals surface area contributed by atoms with Crippen molar-refractivity contribution in [2.45, 2.75) is 25.7 Å². The van der Waals surface area contributed by atoms with Crippen LogP contribution in [-0.4, -0.2) is 42.9 Å². The van der Waals surface area contributed by atoms with E-state index in [2.05, 4.69) is 10.2 Å². The van der Waals surface area contributed by atoms with E-state index in [1.807, 2.05) is 29.2 Å². The lowest BCUT2D eigenvalue weighted by molar-refractivity contribution is -0.129. The molecule has 1 atom stereocenters. The Bertz CT molecular complexity index is 870. The number of carbonyl (C=O) groups is 2. The van der Waals surface area contributed by atoms with Gasteiger partial charge in [-0.05, 0) is 60.7 Å². The molecule has 1 unspecified atom stereocenters. The molecule has 1 saturated heterocycles. The maximum Gasteiger partial charge on any atom is 0.232 e. The zero-order chi connectivity index (χ0) is 20.4. The summed E-state index contributed by atoms with van der Waals surface area (Å²) in [5.41, 5.74) is 2.71. The molecule has 2 aliphatic rings. The minimum absolute atomic E-state index is 0.0399. The molecular formula is C23H26FN3O2. The normalized spacial score (nSPS) is 17.7. The van der Waals surface area contributed by atoms with Crippen molar-refractivity contribution in [1.29, 1.82) is 0 Å². The van der Waals surface area contributed by atoms with Gasteiger partial charge in [-0.15, -0.1) is 0 Å². The highest BCUT2D eigenvalue weighted by Crippen LogP contribution is 2.43. The Balaban J connectivity index is 1.39. The van der Waals surface area contributed by atoms with Gasteiger partial charge in [0.05, 0.1) is 5.92 Å². The molecule has 0 bridgehead atoms. The highest BCUT2D eigenvalue weighted by molar-refractivity contribution is 5.96. The Morgan fingerprint density at radius 3 is 2.14 bits per heavy atom. The van der Waals surface area contributed by atoms with E-state index in [4.69, 9.17) is 0 Å². The van der Waals surface area contributed by atoms with Crippen molar-refractivity contribution in [3.05, 3.63) is 59.9 Å². The molecule has 1 heterocycles. The molecule has 1 saturated carbocycles. The van der Waals surface area contributed by atoms with Crippen molar-refractivity contribution in [2.75, 3.05) is 36.4 Å². The molecule has 152 valence electrons. The molecule has 4 rings (SSSR count). The summed E-state index contributed by atoms with van der Waals surface area (Å²) in [4.78, 5) is 28.5. The van der Waals surface area contributed by atoms with E-state index in [0.29, 0.717) is 5.92 Å². The van der Waals surface area contributed by atoms with Crippen LogP contribution >= 0.6 is 0 Å². The lowest BCUT2D eigenvalue weighted by Crippen LogP contribution is -2.48. The quantitative estimate of drug-likeness (QED) is 0.841. The first-order valence-electron chi connectivity index (χ1n) is 10.2. The van der Waals surface area contributed by atoms with Crippen LogP contribution in [0.1, 0.15) is 31.2 Å². The van der Waals surface area contributed by atoms with Gasteiger partial charge in [-0.3, -0.25) is 9.59 Å². The third-order valence-corrected chi connectivity index (χ3v) is 5.83. The Morgan fingerprint density at radius 1 is 0.966 bits per heavy atom.